The van der Waals surface area contributed by atoms with Gasteiger partial charge in [-0.15, -0.1) is 0 Å². The Morgan fingerprint density at radius 3 is 1.06 bits per heavy atom. The van der Waals surface area contributed by atoms with Crippen molar-refractivity contribution in [2.45, 2.75) is 164 Å². The van der Waals surface area contributed by atoms with E-state index in [0.29, 0.717) is 26.1 Å². The summed E-state index contributed by atoms with van der Waals surface area (Å²) in [5.74, 6) is -0.101. The van der Waals surface area contributed by atoms with E-state index in [1.165, 1.54) is 116 Å². The average Bonchev–Trinajstić information content (AvgIpc) is 2.85. The van der Waals surface area contributed by atoms with E-state index in [1.807, 2.05) is 0 Å². The second kappa shape index (κ2) is 30.0. The molecule has 0 aliphatic rings. The molecule has 0 aromatic heterocycles. The Labute approximate surface area is 228 Å². The quantitative estimate of drug-likeness (QED) is 0.0510. The number of carbonyl (C=O) groups is 2. The Balaban J connectivity index is 3.27. The summed E-state index contributed by atoms with van der Waals surface area (Å²) >= 11 is -0.658. The molecule has 0 saturated carbocycles. The molecule has 0 N–H and O–H groups in total. The summed E-state index contributed by atoms with van der Waals surface area (Å²) in [4.78, 5) is 23.7. The minimum Gasteiger partial charge on any atom is -0.0654 e. The number of hydrogen-bond donors (Lipinski definition) is 0. The molecule has 0 aliphatic carbocycles. The zero-order chi connectivity index (χ0) is 25.7. The van der Waals surface area contributed by atoms with E-state index in [2.05, 4.69) is 13.8 Å². The first-order chi connectivity index (χ1) is 17.2. The predicted molar refractivity (Wildman–Crippen MR) is 150 cm³/mol. The summed E-state index contributed by atoms with van der Waals surface area (Å²) < 4.78 is 12.6. The molecule has 206 valence electrons. The third-order valence-corrected chi connectivity index (χ3v) is 9.98. The Kier molecular flexibility index (Phi) is 29.7. The summed E-state index contributed by atoms with van der Waals surface area (Å²) in [5.41, 5.74) is 0. The summed E-state index contributed by atoms with van der Waals surface area (Å²) in [6.07, 6.45) is 26.9. The van der Waals surface area contributed by atoms with Crippen LogP contribution in [0.5, 0.6) is 0 Å². The molecule has 0 bridgehead atoms. The molecular formula is C30H58O4Sn. The van der Waals surface area contributed by atoms with Crippen LogP contribution in [0.2, 0.25) is 8.87 Å². The van der Waals surface area contributed by atoms with Gasteiger partial charge >= 0.3 is 177 Å². The van der Waals surface area contributed by atoms with Crippen molar-refractivity contribution < 1.29 is 19.1 Å². The van der Waals surface area contributed by atoms with Crippen LogP contribution in [-0.2, 0) is 19.1 Å². The summed E-state index contributed by atoms with van der Waals surface area (Å²) in [6, 6.07) is 0. The molecule has 2 radical (unpaired) electrons. The SMILES string of the molecule is CCCCCCCCCCCCOC(=O)C[CH2][Sn][CH2]CC(=O)OCCCCCCCCCCCC. The van der Waals surface area contributed by atoms with Crippen LogP contribution in [-0.4, -0.2) is 46.3 Å². The second-order valence-electron chi connectivity index (χ2n) is 10.1. The minimum atomic E-state index is -0.658. The number of unbranched alkanes of at least 4 members (excludes halogenated alkanes) is 18. The van der Waals surface area contributed by atoms with Crippen molar-refractivity contribution in [3.63, 3.8) is 0 Å². The van der Waals surface area contributed by atoms with Crippen molar-refractivity contribution in [1.82, 2.24) is 0 Å². The number of rotatable bonds is 28. The maximum atomic E-state index is 11.8. The van der Waals surface area contributed by atoms with Gasteiger partial charge in [0.05, 0.1) is 0 Å². The molecule has 0 aromatic rings. The van der Waals surface area contributed by atoms with Gasteiger partial charge in [-0.1, -0.05) is 52.4 Å². The van der Waals surface area contributed by atoms with Crippen molar-refractivity contribution in [3.8, 4) is 0 Å². The van der Waals surface area contributed by atoms with Crippen LogP contribution in [0, 0.1) is 0 Å². The van der Waals surface area contributed by atoms with Crippen LogP contribution in [0.4, 0.5) is 0 Å². The van der Waals surface area contributed by atoms with Crippen LogP contribution >= 0.6 is 0 Å². The fourth-order valence-electron chi connectivity index (χ4n) is 4.20. The van der Waals surface area contributed by atoms with Crippen molar-refractivity contribution in [3.05, 3.63) is 0 Å². The van der Waals surface area contributed by atoms with E-state index in [9.17, 15) is 9.59 Å². The van der Waals surface area contributed by atoms with Gasteiger partial charge in [-0.2, -0.15) is 0 Å². The molecule has 0 saturated heterocycles. The fraction of sp³-hybridized carbons (Fsp3) is 0.933. The molecule has 35 heavy (non-hydrogen) atoms. The van der Waals surface area contributed by atoms with Crippen molar-refractivity contribution >= 4 is 33.1 Å². The van der Waals surface area contributed by atoms with E-state index in [1.54, 1.807) is 0 Å². The summed E-state index contributed by atoms with van der Waals surface area (Å²) in [7, 11) is 0. The monoisotopic (exact) mass is 602 g/mol. The van der Waals surface area contributed by atoms with Crippen LogP contribution in [0.1, 0.15) is 155 Å². The standard InChI is InChI=1S/2C15H29O2.Sn/c2*1-3-5-6-7-8-9-10-11-12-13-14-17-15(16)4-2;/h2*2-14H2,1H3;. The molecule has 0 rings (SSSR count). The molecule has 0 unspecified atom stereocenters. The van der Waals surface area contributed by atoms with Crippen LogP contribution in [0.3, 0.4) is 0 Å². The summed E-state index contributed by atoms with van der Waals surface area (Å²) in [5, 5.41) is 0. The number of carbonyl (C=O) groups excluding carboxylic acids is 2. The smallest absolute Gasteiger partial charge is 0.0654 e. The molecular weight excluding hydrogens is 543 g/mol. The molecule has 0 heterocycles. The topological polar surface area (TPSA) is 52.6 Å². The molecule has 0 atom stereocenters. The van der Waals surface area contributed by atoms with E-state index < -0.39 is 21.1 Å². The van der Waals surface area contributed by atoms with Gasteiger partial charge in [-0.25, -0.2) is 0 Å². The Morgan fingerprint density at radius 2 is 0.743 bits per heavy atom. The van der Waals surface area contributed by atoms with E-state index in [4.69, 9.17) is 9.47 Å². The molecule has 0 aliphatic heterocycles. The third-order valence-electron chi connectivity index (χ3n) is 6.53. The number of esters is 2. The maximum absolute atomic E-state index is 11.8. The zero-order valence-electron chi connectivity index (χ0n) is 23.5. The van der Waals surface area contributed by atoms with Crippen molar-refractivity contribution in [2.75, 3.05) is 13.2 Å². The van der Waals surface area contributed by atoms with Crippen LogP contribution in [0.25, 0.3) is 0 Å². The van der Waals surface area contributed by atoms with Gasteiger partial charge in [0.2, 0.25) is 0 Å². The second-order valence-corrected chi connectivity index (χ2v) is 14.3. The number of ether oxygens (including phenoxy) is 2. The first kappa shape index (κ1) is 34.7. The molecule has 0 spiro atoms. The Hall–Kier alpha value is -0.261. The molecule has 0 aromatic carbocycles. The summed E-state index contributed by atoms with van der Waals surface area (Å²) in [6.45, 7) is 5.67. The first-order valence-corrected chi connectivity index (χ1v) is 19.3. The average molecular weight is 602 g/mol. The normalized spacial score (nSPS) is 11.0. The van der Waals surface area contributed by atoms with E-state index in [0.717, 1.165) is 21.7 Å². The molecule has 0 amide bonds. The molecule has 4 nitrogen and oxygen atoms in total. The van der Waals surface area contributed by atoms with Crippen molar-refractivity contribution in [2.24, 2.45) is 0 Å². The van der Waals surface area contributed by atoms with E-state index in [-0.39, 0.29) is 11.9 Å². The Bertz CT molecular complexity index is 416. The number of hydrogen-bond acceptors (Lipinski definition) is 4. The van der Waals surface area contributed by atoms with Crippen LogP contribution < -0.4 is 0 Å². The van der Waals surface area contributed by atoms with E-state index >= 15 is 0 Å². The molecule has 0 fully saturated rings. The van der Waals surface area contributed by atoms with Gasteiger partial charge < -0.3 is 0 Å². The van der Waals surface area contributed by atoms with Gasteiger partial charge in [0.15, 0.2) is 0 Å². The van der Waals surface area contributed by atoms with Crippen molar-refractivity contribution in [1.29, 1.82) is 0 Å². The van der Waals surface area contributed by atoms with Gasteiger partial charge in [0.1, 0.15) is 0 Å². The van der Waals surface area contributed by atoms with Gasteiger partial charge in [0, 0.05) is 0 Å². The Morgan fingerprint density at radius 1 is 0.457 bits per heavy atom. The zero-order valence-corrected chi connectivity index (χ0v) is 26.4. The van der Waals surface area contributed by atoms with Crippen LogP contribution in [0.15, 0.2) is 0 Å². The fourth-order valence-corrected chi connectivity index (χ4v) is 7.09. The third kappa shape index (κ3) is 29.9. The molecule has 5 heteroatoms. The van der Waals surface area contributed by atoms with Gasteiger partial charge in [0.25, 0.3) is 0 Å². The van der Waals surface area contributed by atoms with Gasteiger partial charge in [-0.05, 0) is 0 Å². The minimum absolute atomic E-state index is 0.0506. The van der Waals surface area contributed by atoms with Gasteiger partial charge in [-0.3, -0.25) is 0 Å². The first-order valence-electron chi connectivity index (χ1n) is 15.2. The predicted octanol–water partition coefficient (Wildman–Crippen LogP) is 9.24.